The summed E-state index contributed by atoms with van der Waals surface area (Å²) in [6.07, 6.45) is 0.463. The SMILES string of the molecule is COC(=O)C1(C(=O)OC)C[C@@H](S(=O)c2ccccc2)[C@@H](C)C1. The van der Waals surface area contributed by atoms with Gasteiger partial charge < -0.3 is 9.47 Å². The number of methoxy groups -OCH3 is 2. The van der Waals surface area contributed by atoms with Crippen LogP contribution in [0.2, 0.25) is 0 Å². The van der Waals surface area contributed by atoms with Gasteiger partial charge in [0.15, 0.2) is 5.41 Å². The van der Waals surface area contributed by atoms with Gasteiger partial charge in [-0.25, -0.2) is 0 Å². The zero-order valence-electron chi connectivity index (χ0n) is 12.9. The highest BCUT2D eigenvalue weighted by Gasteiger charge is 2.57. The van der Waals surface area contributed by atoms with Gasteiger partial charge in [0.2, 0.25) is 0 Å². The second-order valence-electron chi connectivity index (χ2n) is 5.60. The highest BCUT2D eigenvalue weighted by atomic mass is 32.2. The second-order valence-corrected chi connectivity index (χ2v) is 7.27. The maximum Gasteiger partial charge on any atom is 0.323 e. The predicted molar refractivity (Wildman–Crippen MR) is 81.5 cm³/mol. The van der Waals surface area contributed by atoms with Crippen LogP contribution < -0.4 is 0 Å². The first kappa shape index (κ1) is 16.7. The van der Waals surface area contributed by atoms with Crippen molar-refractivity contribution < 1.29 is 23.3 Å². The first-order valence-electron chi connectivity index (χ1n) is 7.08. The second kappa shape index (κ2) is 6.60. The van der Waals surface area contributed by atoms with Gasteiger partial charge in [-0.05, 0) is 30.9 Å². The van der Waals surface area contributed by atoms with Crippen LogP contribution in [0.15, 0.2) is 35.2 Å². The fraction of sp³-hybridized carbons (Fsp3) is 0.500. The van der Waals surface area contributed by atoms with Crippen LogP contribution in [-0.2, 0) is 29.9 Å². The van der Waals surface area contributed by atoms with E-state index in [1.54, 1.807) is 12.1 Å². The van der Waals surface area contributed by atoms with Crippen molar-refractivity contribution in [2.75, 3.05) is 14.2 Å². The molecule has 2 rings (SSSR count). The van der Waals surface area contributed by atoms with Gasteiger partial charge in [0.1, 0.15) is 0 Å². The van der Waals surface area contributed by atoms with Crippen LogP contribution in [0, 0.1) is 11.3 Å². The van der Waals surface area contributed by atoms with Crippen molar-refractivity contribution in [3.63, 3.8) is 0 Å². The highest BCUT2D eigenvalue weighted by Crippen LogP contribution is 2.46. The van der Waals surface area contributed by atoms with Crippen molar-refractivity contribution in [3.05, 3.63) is 30.3 Å². The third-order valence-electron chi connectivity index (χ3n) is 4.26. The number of carbonyl (C=O) groups excluding carboxylic acids is 2. The van der Waals surface area contributed by atoms with E-state index in [1.807, 2.05) is 25.1 Å². The topological polar surface area (TPSA) is 69.7 Å². The lowest BCUT2D eigenvalue weighted by atomic mass is 9.85. The maximum atomic E-state index is 12.8. The van der Waals surface area contributed by atoms with E-state index in [0.717, 1.165) is 0 Å². The van der Waals surface area contributed by atoms with Crippen LogP contribution in [0.3, 0.4) is 0 Å². The summed E-state index contributed by atoms with van der Waals surface area (Å²) in [5, 5.41) is -0.291. The maximum absolute atomic E-state index is 12.8. The van der Waals surface area contributed by atoms with E-state index in [2.05, 4.69) is 0 Å². The van der Waals surface area contributed by atoms with Crippen LogP contribution in [0.1, 0.15) is 19.8 Å². The summed E-state index contributed by atoms with van der Waals surface area (Å²) in [6, 6.07) is 9.08. The van der Waals surface area contributed by atoms with Gasteiger partial charge in [0.25, 0.3) is 0 Å². The van der Waals surface area contributed by atoms with E-state index < -0.39 is 28.2 Å². The third kappa shape index (κ3) is 2.79. The Hall–Kier alpha value is -1.69. The molecule has 3 atom stereocenters. The van der Waals surface area contributed by atoms with Gasteiger partial charge in [-0.15, -0.1) is 0 Å². The lowest BCUT2D eigenvalue weighted by Crippen LogP contribution is -2.39. The van der Waals surface area contributed by atoms with E-state index in [9.17, 15) is 13.8 Å². The summed E-state index contributed by atoms with van der Waals surface area (Å²) in [5.41, 5.74) is -1.35. The summed E-state index contributed by atoms with van der Waals surface area (Å²) < 4.78 is 22.4. The molecule has 1 fully saturated rings. The quantitative estimate of drug-likeness (QED) is 0.625. The zero-order valence-corrected chi connectivity index (χ0v) is 13.7. The van der Waals surface area contributed by atoms with Gasteiger partial charge in [-0.2, -0.15) is 0 Å². The largest absolute Gasteiger partial charge is 0.468 e. The fourth-order valence-electron chi connectivity index (χ4n) is 3.13. The monoisotopic (exact) mass is 324 g/mol. The van der Waals surface area contributed by atoms with E-state index in [1.165, 1.54) is 14.2 Å². The average molecular weight is 324 g/mol. The van der Waals surface area contributed by atoms with Crippen LogP contribution in [0.25, 0.3) is 0 Å². The number of esters is 2. The van der Waals surface area contributed by atoms with Crippen LogP contribution in [0.5, 0.6) is 0 Å². The molecule has 1 aliphatic rings. The van der Waals surface area contributed by atoms with Gasteiger partial charge in [-0.1, -0.05) is 25.1 Å². The first-order chi connectivity index (χ1) is 10.5. The minimum absolute atomic E-state index is 0.0563. The van der Waals surface area contributed by atoms with Crippen molar-refractivity contribution in [2.24, 2.45) is 11.3 Å². The van der Waals surface area contributed by atoms with Crippen molar-refractivity contribution in [3.8, 4) is 0 Å². The van der Waals surface area contributed by atoms with Crippen LogP contribution in [0.4, 0.5) is 0 Å². The summed E-state index contributed by atoms with van der Waals surface area (Å²) >= 11 is 0. The number of rotatable bonds is 4. The van der Waals surface area contributed by atoms with Crippen molar-refractivity contribution in [1.29, 1.82) is 0 Å². The first-order valence-corrected chi connectivity index (χ1v) is 8.30. The van der Waals surface area contributed by atoms with E-state index in [0.29, 0.717) is 4.90 Å². The molecule has 5 nitrogen and oxygen atoms in total. The standard InChI is InChI=1S/C16H20O5S/c1-11-9-16(14(17)20-2,15(18)21-3)10-13(11)22(19)12-7-5-4-6-8-12/h4-8,11,13H,9-10H2,1-3H3/t11-,13+,22?/m0/s1. The smallest absolute Gasteiger partial charge is 0.323 e. The van der Waals surface area contributed by atoms with Gasteiger partial charge in [-0.3, -0.25) is 13.8 Å². The molecule has 6 heteroatoms. The molecule has 0 heterocycles. The molecule has 0 aliphatic heterocycles. The molecule has 0 radical (unpaired) electrons. The highest BCUT2D eigenvalue weighted by molar-refractivity contribution is 7.85. The third-order valence-corrected chi connectivity index (χ3v) is 6.18. The van der Waals surface area contributed by atoms with Gasteiger partial charge in [0, 0.05) is 10.1 Å². The van der Waals surface area contributed by atoms with Crippen molar-refractivity contribution in [2.45, 2.75) is 29.9 Å². The Morgan fingerprint density at radius 3 is 2.14 bits per heavy atom. The molecule has 0 N–H and O–H groups in total. The molecule has 1 aromatic carbocycles. The van der Waals surface area contributed by atoms with Crippen LogP contribution in [-0.4, -0.2) is 35.6 Å². The molecular formula is C16H20O5S. The summed E-state index contributed by atoms with van der Waals surface area (Å²) in [4.78, 5) is 25.0. The molecule has 1 unspecified atom stereocenters. The minimum atomic E-state index is -1.35. The molecule has 0 spiro atoms. The summed E-state index contributed by atoms with van der Waals surface area (Å²) in [6.45, 7) is 1.90. The minimum Gasteiger partial charge on any atom is -0.468 e. The van der Waals surface area contributed by atoms with Gasteiger partial charge in [0.05, 0.1) is 25.0 Å². The van der Waals surface area contributed by atoms with Crippen LogP contribution >= 0.6 is 0 Å². The Bertz CT molecular complexity index is 567. The lowest BCUT2D eigenvalue weighted by Gasteiger charge is -2.23. The Kier molecular flexibility index (Phi) is 5.01. The normalized spacial score (nSPS) is 24.5. The molecule has 1 aliphatic carbocycles. The average Bonchev–Trinajstić information content (AvgIpc) is 2.92. The molecule has 0 aromatic heterocycles. The molecule has 0 amide bonds. The van der Waals surface area contributed by atoms with E-state index >= 15 is 0 Å². The number of hydrogen-bond acceptors (Lipinski definition) is 5. The Morgan fingerprint density at radius 2 is 1.64 bits per heavy atom. The molecule has 22 heavy (non-hydrogen) atoms. The predicted octanol–water partition coefficient (Wildman–Crippen LogP) is 1.93. The van der Waals surface area contributed by atoms with Gasteiger partial charge >= 0.3 is 11.9 Å². The Morgan fingerprint density at radius 1 is 1.09 bits per heavy atom. The van der Waals surface area contributed by atoms with E-state index in [-0.39, 0.29) is 24.0 Å². The molecule has 0 bridgehead atoms. The zero-order chi connectivity index (χ0) is 16.3. The fourth-order valence-corrected chi connectivity index (χ4v) is 4.86. The summed E-state index contributed by atoms with van der Waals surface area (Å²) in [5.74, 6) is -1.28. The number of benzene rings is 1. The Labute approximate surface area is 132 Å². The molecule has 120 valence electrons. The number of carbonyl (C=O) groups is 2. The number of ether oxygens (including phenoxy) is 2. The lowest BCUT2D eigenvalue weighted by molar-refractivity contribution is -0.168. The Balaban J connectivity index is 2.32. The summed E-state index contributed by atoms with van der Waals surface area (Å²) in [7, 11) is 1.21. The van der Waals surface area contributed by atoms with Crippen molar-refractivity contribution in [1.82, 2.24) is 0 Å². The molecule has 1 saturated carbocycles. The molecule has 0 saturated heterocycles. The molecule has 1 aromatic rings. The van der Waals surface area contributed by atoms with Crippen molar-refractivity contribution >= 4 is 22.7 Å². The molecular weight excluding hydrogens is 304 g/mol. The van der Waals surface area contributed by atoms with E-state index in [4.69, 9.17) is 9.47 Å². The number of hydrogen-bond donors (Lipinski definition) is 0.